The van der Waals surface area contributed by atoms with Crippen molar-refractivity contribution in [3.63, 3.8) is 0 Å². The van der Waals surface area contributed by atoms with E-state index in [-0.39, 0.29) is 22.3 Å². The molecule has 0 aliphatic heterocycles. The van der Waals surface area contributed by atoms with Gasteiger partial charge in [-0.25, -0.2) is 0 Å². The average molecular weight is 243 g/mol. The van der Waals surface area contributed by atoms with Gasteiger partial charge in [-0.15, -0.1) is 0 Å². The van der Waals surface area contributed by atoms with E-state index in [1.54, 1.807) is 0 Å². The maximum atomic E-state index is 10.8. The summed E-state index contributed by atoms with van der Waals surface area (Å²) in [6, 6.07) is 2.14. The van der Waals surface area contributed by atoms with E-state index in [9.17, 15) is 20.2 Å². The third kappa shape index (κ3) is 1.83. The Morgan fingerprint density at radius 3 is 2.25 bits per heavy atom. The minimum atomic E-state index is -0.685. The van der Waals surface area contributed by atoms with Crippen molar-refractivity contribution in [1.29, 1.82) is 0 Å². The number of nitrogens with zero attached hydrogens (tertiary/aromatic N) is 2. The maximum absolute atomic E-state index is 10.8. The van der Waals surface area contributed by atoms with Crippen LogP contribution >= 0.6 is 11.6 Å². The summed E-state index contributed by atoms with van der Waals surface area (Å²) in [4.78, 5) is 20.1. The van der Waals surface area contributed by atoms with Crippen molar-refractivity contribution >= 4 is 23.0 Å². The fourth-order valence-corrected chi connectivity index (χ4v) is 1.98. The van der Waals surface area contributed by atoms with Crippen molar-refractivity contribution in [3.05, 3.63) is 42.9 Å². The van der Waals surface area contributed by atoms with Gasteiger partial charge in [-0.05, 0) is 18.8 Å². The number of hydrogen-bond donors (Lipinski definition) is 0. The normalized spacial score (nSPS) is 14.8. The lowest BCUT2D eigenvalue weighted by Crippen LogP contribution is -1.98. The summed E-state index contributed by atoms with van der Waals surface area (Å²) < 4.78 is 0. The van der Waals surface area contributed by atoms with Crippen LogP contribution in [0.4, 0.5) is 11.4 Å². The number of rotatable bonds is 3. The highest BCUT2D eigenvalue weighted by Gasteiger charge is 2.34. The first kappa shape index (κ1) is 10.8. The van der Waals surface area contributed by atoms with Crippen molar-refractivity contribution in [2.24, 2.45) is 0 Å². The molecule has 84 valence electrons. The Morgan fingerprint density at radius 1 is 1.19 bits per heavy atom. The number of non-ortho nitro benzene ring substituents is 1. The van der Waals surface area contributed by atoms with Crippen molar-refractivity contribution in [2.45, 2.75) is 18.8 Å². The monoisotopic (exact) mass is 242 g/mol. The van der Waals surface area contributed by atoms with Crippen LogP contribution in [-0.4, -0.2) is 9.85 Å². The molecule has 0 spiro atoms. The first-order valence-corrected chi connectivity index (χ1v) is 5.00. The zero-order valence-corrected chi connectivity index (χ0v) is 8.81. The lowest BCUT2D eigenvalue weighted by molar-refractivity contribution is -0.394. The van der Waals surface area contributed by atoms with Gasteiger partial charge in [-0.3, -0.25) is 20.2 Å². The SMILES string of the molecule is O=[N+]([O-])c1cc(Cl)c(C2CC2)c([N+](=O)[O-])c1. The summed E-state index contributed by atoms with van der Waals surface area (Å²) in [6.45, 7) is 0. The Kier molecular flexibility index (Phi) is 2.51. The van der Waals surface area contributed by atoms with Gasteiger partial charge in [-0.1, -0.05) is 11.6 Å². The van der Waals surface area contributed by atoms with E-state index in [0.717, 1.165) is 18.9 Å². The summed E-state index contributed by atoms with van der Waals surface area (Å²) >= 11 is 5.85. The molecule has 1 aromatic carbocycles. The molecular formula is C9H7ClN2O4. The Balaban J connectivity index is 2.60. The predicted molar refractivity (Wildman–Crippen MR) is 56.7 cm³/mol. The first-order chi connectivity index (χ1) is 7.50. The van der Waals surface area contributed by atoms with E-state index >= 15 is 0 Å². The Morgan fingerprint density at radius 2 is 1.81 bits per heavy atom. The van der Waals surface area contributed by atoms with Crippen LogP contribution in [0.15, 0.2) is 12.1 Å². The van der Waals surface area contributed by atoms with Crippen LogP contribution < -0.4 is 0 Å². The van der Waals surface area contributed by atoms with Gasteiger partial charge in [0.15, 0.2) is 0 Å². The molecule has 0 amide bonds. The van der Waals surface area contributed by atoms with Gasteiger partial charge in [0.2, 0.25) is 0 Å². The van der Waals surface area contributed by atoms with Crippen LogP contribution in [0.25, 0.3) is 0 Å². The molecule has 0 aromatic heterocycles. The molecule has 1 aliphatic rings. The highest BCUT2D eigenvalue weighted by atomic mass is 35.5. The summed E-state index contributed by atoms with van der Waals surface area (Å²) in [5.41, 5.74) is -0.167. The van der Waals surface area contributed by atoms with Gasteiger partial charge in [0.05, 0.1) is 26.5 Å². The van der Waals surface area contributed by atoms with Crippen LogP contribution in [0.2, 0.25) is 5.02 Å². The van der Waals surface area contributed by atoms with Crippen LogP contribution in [0.1, 0.15) is 24.3 Å². The van der Waals surface area contributed by atoms with Crippen LogP contribution in [0.5, 0.6) is 0 Å². The second-order valence-electron chi connectivity index (χ2n) is 3.65. The topological polar surface area (TPSA) is 86.3 Å². The van der Waals surface area contributed by atoms with Gasteiger partial charge >= 0.3 is 0 Å². The van der Waals surface area contributed by atoms with E-state index in [4.69, 9.17) is 11.6 Å². The zero-order chi connectivity index (χ0) is 11.9. The molecular weight excluding hydrogens is 236 g/mol. The molecule has 1 aliphatic carbocycles. The highest BCUT2D eigenvalue weighted by Crippen LogP contribution is 2.48. The number of benzene rings is 1. The number of halogens is 1. The lowest BCUT2D eigenvalue weighted by atomic mass is 10.1. The molecule has 0 unspecified atom stereocenters. The van der Waals surface area contributed by atoms with Crippen molar-refractivity contribution in [1.82, 2.24) is 0 Å². The quantitative estimate of drug-likeness (QED) is 0.602. The highest BCUT2D eigenvalue weighted by molar-refractivity contribution is 6.32. The van der Waals surface area contributed by atoms with E-state index in [1.807, 2.05) is 0 Å². The summed E-state index contributed by atoms with van der Waals surface area (Å²) in [5, 5.41) is 21.5. The van der Waals surface area contributed by atoms with Gasteiger partial charge < -0.3 is 0 Å². The molecule has 0 saturated heterocycles. The van der Waals surface area contributed by atoms with Crippen LogP contribution in [0.3, 0.4) is 0 Å². The zero-order valence-electron chi connectivity index (χ0n) is 8.05. The van der Waals surface area contributed by atoms with Gasteiger partial charge in [0.25, 0.3) is 11.4 Å². The molecule has 16 heavy (non-hydrogen) atoms. The summed E-state index contributed by atoms with van der Waals surface area (Å²) in [6.07, 6.45) is 1.69. The van der Waals surface area contributed by atoms with Gasteiger partial charge in [0.1, 0.15) is 0 Å². The Bertz CT molecular complexity index is 485. The predicted octanol–water partition coefficient (Wildman–Crippen LogP) is 3.03. The third-order valence-electron chi connectivity index (χ3n) is 2.49. The largest absolute Gasteiger partial charge is 0.281 e. The maximum Gasteiger partial charge on any atom is 0.281 e. The molecule has 1 fully saturated rings. The average Bonchev–Trinajstić information content (AvgIpc) is 2.99. The van der Waals surface area contributed by atoms with E-state index < -0.39 is 9.85 Å². The molecule has 0 atom stereocenters. The van der Waals surface area contributed by atoms with Gasteiger partial charge in [0, 0.05) is 6.07 Å². The lowest BCUT2D eigenvalue weighted by Gasteiger charge is -2.03. The molecule has 1 aromatic rings. The summed E-state index contributed by atoms with van der Waals surface area (Å²) in [5.74, 6) is 0.0775. The Hall–Kier alpha value is -1.69. The van der Waals surface area contributed by atoms with Gasteiger partial charge in [-0.2, -0.15) is 0 Å². The molecule has 6 nitrogen and oxygen atoms in total. The number of nitro groups is 2. The summed E-state index contributed by atoms with van der Waals surface area (Å²) in [7, 11) is 0. The Labute approximate surface area is 95.1 Å². The fraction of sp³-hybridized carbons (Fsp3) is 0.333. The molecule has 2 rings (SSSR count). The molecule has 7 heteroatoms. The van der Waals surface area contributed by atoms with Crippen molar-refractivity contribution in [3.8, 4) is 0 Å². The fourth-order valence-electron chi connectivity index (χ4n) is 1.62. The van der Waals surface area contributed by atoms with E-state index in [1.165, 1.54) is 6.07 Å². The van der Waals surface area contributed by atoms with Crippen LogP contribution in [-0.2, 0) is 0 Å². The first-order valence-electron chi connectivity index (χ1n) is 4.63. The van der Waals surface area contributed by atoms with E-state index in [2.05, 4.69) is 0 Å². The molecule has 0 bridgehead atoms. The minimum absolute atomic E-state index is 0.0775. The molecule has 0 N–H and O–H groups in total. The minimum Gasteiger partial charge on any atom is -0.258 e. The number of hydrogen-bond acceptors (Lipinski definition) is 4. The standard InChI is InChI=1S/C9H7ClN2O4/c10-7-3-6(11(13)14)4-8(12(15)16)9(7)5-1-2-5/h3-5H,1-2H2. The van der Waals surface area contributed by atoms with Crippen molar-refractivity contribution in [2.75, 3.05) is 0 Å². The molecule has 1 saturated carbocycles. The third-order valence-corrected chi connectivity index (χ3v) is 2.80. The smallest absolute Gasteiger partial charge is 0.258 e. The van der Waals surface area contributed by atoms with Crippen LogP contribution in [0, 0.1) is 20.2 Å². The second kappa shape index (κ2) is 3.71. The second-order valence-corrected chi connectivity index (χ2v) is 4.06. The van der Waals surface area contributed by atoms with Crippen molar-refractivity contribution < 1.29 is 9.85 Å². The molecule has 0 heterocycles. The molecule has 0 radical (unpaired) electrons. The van der Waals surface area contributed by atoms with E-state index in [0.29, 0.717) is 5.56 Å². The number of nitro benzene ring substituents is 2.